The van der Waals surface area contributed by atoms with Crippen LogP contribution in [0.1, 0.15) is 5.56 Å². The number of ether oxygens (including phenoxy) is 1. The summed E-state index contributed by atoms with van der Waals surface area (Å²) in [5.41, 5.74) is 1.80. The maximum Gasteiger partial charge on any atom is 0.229 e. The van der Waals surface area contributed by atoms with Crippen LogP contribution in [0.15, 0.2) is 54.7 Å². The highest BCUT2D eigenvalue weighted by atomic mass is 35.5. The lowest BCUT2D eigenvalue weighted by Crippen LogP contribution is -2.08. The second kappa shape index (κ2) is 8.74. The van der Waals surface area contributed by atoms with E-state index in [4.69, 9.17) is 27.9 Å². The highest BCUT2D eigenvalue weighted by Gasteiger charge is 2.06. The molecular formula is C19H18Cl2N4O. The normalized spacial score (nSPS) is 10.4. The van der Waals surface area contributed by atoms with Gasteiger partial charge in [0.15, 0.2) is 0 Å². The number of halogens is 2. The maximum absolute atomic E-state index is 6.16. The van der Waals surface area contributed by atoms with Crippen molar-refractivity contribution in [1.82, 2.24) is 9.97 Å². The maximum atomic E-state index is 6.16. The van der Waals surface area contributed by atoms with Crippen LogP contribution in [0.25, 0.3) is 0 Å². The Kier molecular flexibility index (Phi) is 6.15. The third-order valence-corrected chi connectivity index (χ3v) is 4.29. The van der Waals surface area contributed by atoms with Crippen molar-refractivity contribution in [3.05, 3.63) is 70.3 Å². The number of rotatable bonds is 7. The minimum Gasteiger partial charge on any atom is -0.496 e. The molecule has 134 valence electrons. The zero-order valence-electron chi connectivity index (χ0n) is 14.2. The molecule has 0 aliphatic carbocycles. The van der Waals surface area contributed by atoms with E-state index in [0.717, 1.165) is 30.1 Å². The van der Waals surface area contributed by atoms with E-state index in [-0.39, 0.29) is 0 Å². The van der Waals surface area contributed by atoms with Crippen LogP contribution in [-0.4, -0.2) is 23.6 Å². The van der Waals surface area contributed by atoms with Crippen LogP contribution < -0.4 is 15.4 Å². The van der Waals surface area contributed by atoms with Crippen molar-refractivity contribution in [2.24, 2.45) is 0 Å². The van der Waals surface area contributed by atoms with Gasteiger partial charge in [-0.25, -0.2) is 4.98 Å². The number of anilines is 3. The average Bonchev–Trinajstić information content (AvgIpc) is 2.65. The molecule has 7 heteroatoms. The molecule has 0 unspecified atom stereocenters. The molecule has 1 heterocycles. The van der Waals surface area contributed by atoms with Gasteiger partial charge in [-0.2, -0.15) is 4.98 Å². The fourth-order valence-corrected chi connectivity index (χ4v) is 2.80. The van der Waals surface area contributed by atoms with E-state index in [1.54, 1.807) is 31.5 Å². The lowest BCUT2D eigenvalue weighted by atomic mass is 10.1. The Bertz CT molecular complexity index is 889. The quantitative estimate of drug-likeness (QED) is 0.582. The van der Waals surface area contributed by atoms with E-state index in [0.29, 0.717) is 21.7 Å². The van der Waals surface area contributed by atoms with Crippen LogP contribution in [0.2, 0.25) is 10.0 Å². The van der Waals surface area contributed by atoms with Crippen LogP contribution in [0.3, 0.4) is 0 Å². The van der Waals surface area contributed by atoms with Gasteiger partial charge in [0.2, 0.25) is 5.95 Å². The van der Waals surface area contributed by atoms with Gasteiger partial charge in [-0.3, -0.25) is 0 Å². The van der Waals surface area contributed by atoms with Crippen LogP contribution in [-0.2, 0) is 6.42 Å². The first kappa shape index (κ1) is 18.3. The summed E-state index contributed by atoms with van der Waals surface area (Å²) >= 11 is 12.2. The van der Waals surface area contributed by atoms with Gasteiger partial charge >= 0.3 is 0 Å². The van der Waals surface area contributed by atoms with Crippen molar-refractivity contribution < 1.29 is 4.74 Å². The highest BCUT2D eigenvalue weighted by molar-refractivity contribution is 6.35. The summed E-state index contributed by atoms with van der Waals surface area (Å²) in [4.78, 5) is 8.66. The van der Waals surface area contributed by atoms with E-state index >= 15 is 0 Å². The molecule has 0 radical (unpaired) electrons. The number of methoxy groups -OCH3 is 1. The first-order valence-corrected chi connectivity index (χ1v) is 8.82. The smallest absolute Gasteiger partial charge is 0.229 e. The van der Waals surface area contributed by atoms with E-state index in [2.05, 4.69) is 26.7 Å². The Balaban J connectivity index is 1.63. The van der Waals surface area contributed by atoms with Crippen molar-refractivity contribution in [2.75, 3.05) is 24.3 Å². The fourth-order valence-electron chi connectivity index (χ4n) is 2.47. The van der Waals surface area contributed by atoms with E-state index in [1.165, 1.54) is 0 Å². The molecule has 0 saturated carbocycles. The van der Waals surface area contributed by atoms with Gasteiger partial charge in [-0.15, -0.1) is 0 Å². The summed E-state index contributed by atoms with van der Waals surface area (Å²) in [5, 5.41) is 7.51. The standard InChI is InChI=1S/C19H18Cl2N4O/c1-26-17-5-3-2-4-13(17)8-10-22-18-9-11-23-19(25-18)24-16-12-14(20)6-7-15(16)21/h2-7,9,11-12H,8,10H2,1H3,(H2,22,23,24,25). The van der Waals surface area contributed by atoms with Gasteiger partial charge in [0.25, 0.3) is 0 Å². The van der Waals surface area contributed by atoms with E-state index in [9.17, 15) is 0 Å². The Morgan fingerprint density at radius 2 is 1.92 bits per heavy atom. The molecular weight excluding hydrogens is 371 g/mol. The summed E-state index contributed by atoms with van der Waals surface area (Å²) in [6.07, 6.45) is 2.50. The molecule has 0 saturated heterocycles. The van der Waals surface area contributed by atoms with Crippen molar-refractivity contribution in [1.29, 1.82) is 0 Å². The number of benzene rings is 2. The Hall–Kier alpha value is -2.50. The van der Waals surface area contributed by atoms with Crippen LogP contribution in [0.5, 0.6) is 5.75 Å². The van der Waals surface area contributed by atoms with Gasteiger partial charge in [0, 0.05) is 17.8 Å². The molecule has 2 N–H and O–H groups in total. The molecule has 0 bridgehead atoms. The van der Waals surface area contributed by atoms with Gasteiger partial charge < -0.3 is 15.4 Å². The van der Waals surface area contributed by atoms with Gasteiger partial charge in [-0.1, -0.05) is 41.4 Å². The monoisotopic (exact) mass is 388 g/mol. The second-order valence-corrected chi connectivity index (χ2v) is 6.35. The molecule has 3 rings (SSSR count). The molecule has 0 aliphatic heterocycles. The average molecular weight is 389 g/mol. The van der Waals surface area contributed by atoms with Crippen LogP contribution in [0, 0.1) is 0 Å². The van der Waals surface area contributed by atoms with Crippen molar-refractivity contribution >= 4 is 40.7 Å². The summed E-state index contributed by atoms with van der Waals surface area (Å²) < 4.78 is 5.37. The van der Waals surface area contributed by atoms with Crippen LogP contribution >= 0.6 is 23.2 Å². The molecule has 0 aliphatic rings. The molecule has 0 amide bonds. The number of aromatic nitrogens is 2. The summed E-state index contributed by atoms with van der Waals surface area (Å²) in [6, 6.07) is 15.0. The zero-order chi connectivity index (χ0) is 18.4. The van der Waals surface area contributed by atoms with Crippen molar-refractivity contribution in [2.45, 2.75) is 6.42 Å². The lowest BCUT2D eigenvalue weighted by Gasteiger charge is -2.11. The molecule has 3 aromatic rings. The SMILES string of the molecule is COc1ccccc1CCNc1ccnc(Nc2cc(Cl)ccc2Cl)n1. The van der Waals surface area contributed by atoms with E-state index in [1.807, 2.05) is 24.3 Å². The number of hydrogen-bond donors (Lipinski definition) is 2. The van der Waals surface area contributed by atoms with Gasteiger partial charge in [0.1, 0.15) is 11.6 Å². The fraction of sp³-hybridized carbons (Fsp3) is 0.158. The minimum atomic E-state index is 0.441. The predicted molar refractivity (Wildman–Crippen MR) is 107 cm³/mol. The second-order valence-electron chi connectivity index (χ2n) is 5.50. The summed E-state index contributed by atoms with van der Waals surface area (Å²) in [5.74, 6) is 2.04. The van der Waals surface area contributed by atoms with Gasteiger partial charge in [0.05, 0.1) is 17.8 Å². The third kappa shape index (κ3) is 4.77. The van der Waals surface area contributed by atoms with Crippen molar-refractivity contribution in [3.63, 3.8) is 0 Å². The lowest BCUT2D eigenvalue weighted by molar-refractivity contribution is 0.410. The topological polar surface area (TPSA) is 59.1 Å². The minimum absolute atomic E-state index is 0.441. The predicted octanol–water partition coefficient (Wildman–Crippen LogP) is 5.19. The van der Waals surface area contributed by atoms with Crippen molar-refractivity contribution in [3.8, 4) is 5.75 Å². The molecule has 5 nitrogen and oxygen atoms in total. The number of hydrogen-bond acceptors (Lipinski definition) is 5. The Morgan fingerprint density at radius 1 is 1.08 bits per heavy atom. The molecule has 26 heavy (non-hydrogen) atoms. The zero-order valence-corrected chi connectivity index (χ0v) is 15.7. The molecule has 2 aromatic carbocycles. The Morgan fingerprint density at radius 3 is 2.77 bits per heavy atom. The van der Waals surface area contributed by atoms with Crippen LogP contribution in [0.4, 0.5) is 17.5 Å². The highest BCUT2D eigenvalue weighted by Crippen LogP contribution is 2.27. The first-order chi connectivity index (χ1) is 12.7. The molecule has 0 atom stereocenters. The molecule has 1 aromatic heterocycles. The number of nitrogens with zero attached hydrogens (tertiary/aromatic N) is 2. The van der Waals surface area contributed by atoms with E-state index < -0.39 is 0 Å². The molecule has 0 fully saturated rings. The van der Waals surface area contributed by atoms with Gasteiger partial charge in [-0.05, 0) is 42.3 Å². The largest absolute Gasteiger partial charge is 0.496 e. The first-order valence-electron chi connectivity index (χ1n) is 8.06. The summed E-state index contributed by atoms with van der Waals surface area (Å²) in [7, 11) is 1.68. The summed E-state index contributed by atoms with van der Waals surface area (Å²) in [6.45, 7) is 0.717. The number of nitrogens with one attached hydrogen (secondary N) is 2. The number of para-hydroxylation sites is 1. The Labute approximate surface area is 162 Å². The molecule has 0 spiro atoms. The third-order valence-electron chi connectivity index (χ3n) is 3.72.